The fourth-order valence-electron chi connectivity index (χ4n) is 3.70. The highest BCUT2D eigenvalue weighted by Gasteiger charge is 2.47. The van der Waals surface area contributed by atoms with Crippen LogP contribution in [-0.2, 0) is 19.5 Å². The van der Waals surface area contributed by atoms with Crippen molar-refractivity contribution in [2.75, 3.05) is 33.8 Å². The van der Waals surface area contributed by atoms with Crippen molar-refractivity contribution in [1.29, 1.82) is 0 Å². The number of hydrogen-bond donors (Lipinski definition) is 3. The van der Waals surface area contributed by atoms with Crippen molar-refractivity contribution in [1.82, 2.24) is 18.8 Å². The van der Waals surface area contributed by atoms with E-state index in [0.29, 0.717) is 10.4 Å². The van der Waals surface area contributed by atoms with Crippen molar-refractivity contribution in [2.24, 2.45) is 0 Å². The van der Waals surface area contributed by atoms with Crippen molar-refractivity contribution in [3.8, 4) is 0 Å². The van der Waals surface area contributed by atoms with Crippen molar-refractivity contribution in [2.45, 2.75) is 29.4 Å². The lowest BCUT2D eigenvalue weighted by molar-refractivity contribution is -0.396. The Morgan fingerprint density at radius 3 is 2.42 bits per heavy atom. The largest absolute Gasteiger partial charge is 0.438 e. The normalized spacial score (nSPS) is 20.8. The molecule has 1 unspecified atom stereocenters. The van der Waals surface area contributed by atoms with E-state index in [1.165, 1.54) is 7.05 Å². The number of likely N-dealkylation sites (N-methyl/N-ethyl adjacent to an activating group) is 2. The van der Waals surface area contributed by atoms with Gasteiger partial charge in [-0.05, 0) is 6.07 Å². The van der Waals surface area contributed by atoms with E-state index in [9.17, 15) is 53.2 Å². The van der Waals surface area contributed by atoms with Crippen molar-refractivity contribution in [3.05, 3.63) is 71.5 Å². The van der Waals surface area contributed by atoms with Gasteiger partial charge in [-0.15, -0.1) is 0 Å². The minimum Gasteiger partial charge on any atom is -0.438 e. The van der Waals surface area contributed by atoms with E-state index in [-0.39, 0.29) is 6.54 Å². The quantitative estimate of drug-likeness (QED) is 0.208. The van der Waals surface area contributed by atoms with Gasteiger partial charge in [-0.3, -0.25) is 34.6 Å². The fraction of sp³-hybridized carbons (Fsp3) is 0.450. The second kappa shape index (κ2) is 11.9. The van der Waals surface area contributed by atoms with E-state index in [2.05, 4.69) is 0 Å². The summed E-state index contributed by atoms with van der Waals surface area (Å²) in [6.07, 6.45) is -5.85. The van der Waals surface area contributed by atoms with Gasteiger partial charge >= 0.3 is 11.8 Å². The number of benzene rings is 1. The highest BCUT2D eigenvalue weighted by Crippen LogP contribution is 2.32. The van der Waals surface area contributed by atoms with Crippen molar-refractivity contribution in [3.63, 3.8) is 0 Å². The molecule has 3 rings (SSSR count). The molecule has 2 aromatic rings. The molecule has 1 aromatic carbocycles. The second-order valence-electron chi connectivity index (χ2n) is 8.52. The van der Waals surface area contributed by atoms with Crippen LogP contribution in [0.1, 0.15) is 6.23 Å². The molecule has 2 heterocycles. The van der Waals surface area contributed by atoms with E-state index in [1.54, 1.807) is 0 Å². The summed E-state index contributed by atoms with van der Waals surface area (Å²) in [6, 6.07) is 3.04. The van der Waals surface area contributed by atoms with Gasteiger partial charge in [-0.25, -0.2) is 18.0 Å². The van der Waals surface area contributed by atoms with E-state index in [4.69, 9.17) is 9.47 Å². The number of carbonyl (C=O) groups excluding carboxylic acids is 1. The first-order chi connectivity index (χ1) is 18.7. The topological polar surface area (TPSA) is 258 Å². The number of aromatic amines is 1. The molecule has 20 heteroatoms. The molecular formula is C20H24N6O13S. The average molecular weight is 589 g/mol. The monoisotopic (exact) mass is 588 g/mol. The predicted molar refractivity (Wildman–Crippen MR) is 131 cm³/mol. The van der Waals surface area contributed by atoms with Crippen LogP contribution in [0, 0.1) is 20.2 Å². The van der Waals surface area contributed by atoms with Gasteiger partial charge in [-0.2, -0.15) is 4.31 Å². The van der Waals surface area contributed by atoms with Gasteiger partial charge in [-0.1, -0.05) is 0 Å². The molecular weight excluding hydrogens is 564 g/mol. The molecule has 1 aromatic heterocycles. The number of amides is 1. The number of aliphatic hydroxyl groups is 2. The first kappa shape index (κ1) is 30.3. The minimum atomic E-state index is -4.54. The summed E-state index contributed by atoms with van der Waals surface area (Å²) >= 11 is 0. The minimum absolute atomic E-state index is 0.328. The zero-order valence-corrected chi connectivity index (χ0v) is 21.7. The van der Waals surface area contributed by atoms with Crippen LogP contribution in [0.4, 0.5) is 16.2 Å². The summed E-state index contributed by atoms with van der Waals surface area (Å²) in [5, 5.41) is 42.2. The van der Waals surface area contributed by atoms with Crippen LogP contribution in [0.15, 0.2) is 44.9 Å². The Labute approximate surface area is 224 Å². The molecule has 0 saturated carbocycles. The number of aromatic nitrogens is 2. The van der Waals surface area contributed by atoms with Crippen LogP contribution in [0.3, 0.4) is 0 Å². The maximum atomic E-state index is 13.0. The molecule has 1 saturated heterocycles. The van der Waals surface area contributed by atoms with Gasteiger partial charge in [0.05, 0.1) is 22.5 Å². The van der Waals surface area contributed by atoms with E-state index >= 15 is 0 Å². The zero-order valence-electron chi connectivity index (χ0n) is 20.8. The van der Waals surface area contributed by atoms with Gasteiger partial charge < -0.3 is 24.6 Å². The summed E-state index contributed by atoms with van der Waals surface area (Å²) < 4.78 is 38.1. The molecule has 0 bridgehead atoms. The number of nitrogens with zero attached hydrogens (tertiary/aromatic N) is 5. The summed E-state index contributed by atoms with van der Waals surface area (Å²) in [7, 11) is -2.26. The highest BCUT2D eigenvalue weighted by atomic mass is 32.2. The van der Waals surface area contributed by atoms with Gasteiger partial charge in [0, 0.05) is 45.5 Å². The number of ether oxygens (including phenoxy) is 2. The Bertz CT molecular complexity index is 1520. The van der Waals surface area contributed by atoms with Crippen molar-refractivity contribution >= 4 is 27.5 Å². The number of nitro groups is 2. The number of carbonyl (C=O) groups is 1. The molecule has 0 radical (unpaired) electrons. The standard InChI is InChI=1S/C20H24N6O13S/c1-22(7-8-23(2)40(36,37)14-4-3-11(25(32)33)9-12(14)26(34)35)20(31)39-17-16(29)13(10-27)38-18(17)24-6-5-15(28)21-19(24)30/h3-6,9,13,16-18,27,29H,7-8,10H2,1-2H3,(H,21,28,30)/t13-,16?,17+,18-/m1/s1. The molecule has 4 atom stereocenters. The van der Waals surface area contributed by atoms with Crippen LogP contribution in [-0.4, -0.2) is 105 Å². The third-order valence-electron chi connectivity index (χ3n) is 5.96. The first-order valence-electron chi connectivity index (χ1n) is 11.3. The van der Waals surface area contributed by atoms with Crippen molar-refractivity contribution < 1.29 is 42.7 Å². The number of rotatable bonds is 10. The average Bonchev–Trinajstić information content (AvgIpc) is 3.20. The molecule has 0 spiro atoms. The van der Waals surface area contributed by atoms with Gasteiger partial charge in [0.25, 0.3) is 16.9 Å². The SMILES string of the molecule is CN(CCN(C)S(=O)(=O)c1ccc([N+](=O)[O-])cc1[N+](=O)[O-])C(=O)O[C@H]1C(O)[C@@H](CO)O[C@H]1n1ccc(=O)[nH]c1=O. The molecule has 19 nitrogen and oxygen atoms in total. The molecule has 3 N–H and O–H groups in total. The number of H-pyrrole nitrogens is 1. The Morgan fingerprint density at radius 2 is 1.85 bits per heavy atom. The second-order valence-corrected chi connectivity index (χ2v) is 10.5. The van der Waals surface area contributed by atoms with Crippen LogP contribution >= 0.6 is 0 Å². The lowest BCUT2D eigenvalue weighted by Gasteiger charge is -2.26. The summed E-state index contributed by atoms with van der Waals surface area (Å²) in [4.78, 5) is 58.7. The lowest BCUT2D eigenvalue weighted by Crippen LogP contribution is -2.44. The van der Waals surface area contributed by atoms with Crippen LogP contribution in [0.5, 0.6) is 0 Å². The fourth-order valence-corrected chi connectivity index (χ4v) is 5.00. The number of non-ortho nitro benzene ring substituents is 1. The summed E-state index contributed by atoms with van der Waals surface area (Å²) in [5.74, 6) is 0. The first-order valence-corrected chi connectivity index (χ1v) is 12.7. The number of nitrogens with one attached hydrogen (secondary N) is 1. The Kier molecular flexibility index (Phi) is 9.00. The number of sulfonamides is 1. The van der Waals surface area contributed by atoms with E-state index in [1.807, 2.05) is 4.98 Å². The molecule has 40 heavy (non-hydrogen) atoms. The zero-order chi connectivity index (χ0) is 29.9. The smallest absolute Gasteiger partial charge is 0.410 e. The Hall–Kier alpha value is -4.24. The Balaban J connectivity index is 1.73. The third-order valence-corrected chi connectivity index (χ3v) is 7.86. The third kappa shape index (κ3) is 6.15. The van der Waals surface area contributed by atoms with Crippen LogP contribution in [0.25, 0.3) is 0 Å². The van der Waals surface area contributed by atoms with Gasteiger partial charge in [0.1, 0.15) is 12.2 Å². The van der Waals surface area contributed by atoms with E-state index < -0.39 is 91.2 Å². The van der Waals surface area contributed by atoms with E-state index in [0.717, 1.165) is 40.9 Å². The number of hydrogen-bond acceptors (Lipinski definition) is 13. The molecule has 0 aliphatic carbocycles. The maximum absolute atomic E-state index is 13.0. The molecule has 1 aliphatic heterocycles. The van der Waals surface area contributed by atoms with Gasteiger partial charge in [0.2, 0.25) is 10.0 Å². The molecule has 1 amide bonds. The predicted octanol–water partition coefficient (Wildman–Crippen LogP) is -1.64. The molecule has 1 aliphatic rings. The summed E-state index contributed by atoms with van der Waals surface area (Å²) in [6.45, 7) is -1.43. The van der Waals surface area contributed by atoms with Gasteiger partial charge in [0.15, 0.2) is 17.2 Å². The number of nitro benzene ring substituents is 2. The lowest BCUT2D eigenvalue weighted by atomic mass is 10.1. The highest BCUT2D eigenvalue weighted by molar-refractivity contribution is 7.89. The molecule has 1 fully saturated rings. The van der Waals surface area contributed by atoms with Crippen LogP contribution < -0.4 is 11.2 Å². The summed E-state index contributed by atoms with van der Waals surface area (Å²) in [5.41, 5.74) is -3.35. The van der Waals surface area contributed by atoms with Crippen LogP contribution in [0.2, 0.25) is 0 Å². The Morgan fingerprint density at radius 1 is 1.18 bits per heavy atom. The number of aliphatic hydroxyl groups excluding tert-OH is 2. The molecule has 218 valence electrons. The maximum Gasteiger partial charge on any atom is 0.410 e.